The van der Waals surface area contributed by atoms with Crippen molar-refractivity contribution in [1.82, 2.24) is 5.32 Å². The maximum atomic E-state index is 12.0. The van der Waals surface area contributed by atoms with Gasteiger partial charge in [-0.2, -0.15) is 0 Å². The highest BCUT2D eigenvalue weighted by molar-refractivity contribution is 5.99. The molecule has 0 unspecified atom stereocenters. The molecule has 5 nitrogen and oxygen atoms in total. The summed E-state index contributed by atoms with van der Waals surface area (Å²) < 4.78 is 5.04. The molecule has 0 saturated heterocycles. The lowest BCUT2D eigenvalue weighted by atomic mass is 10.1. The Balaban J connectivity index is 1.87. The van der Waals surface area contributed by atoms with E-state index in [1.165, 1.54) is 0 Å². The Morgan fingerprint density at radius 2 is 1.70 bits per heavy atom. The number of nitrogens with one attached hydrogen (secondary N) is 2. The van der Waals surface area contributed by atoms with Crippen LogP contribution in [-0.4, -0.2) is 25.5 Å². The van der Waals surface area contributed by atoms with Crippen molar-refractivity contribution in [2.75, 3.05) is 19.0 Å². The summed E-state index contributed by atoms with van der Waals surface area (Å²) in [6.07, 6.45) is 0. The first-order valence-electron chi connectivity index (χ1n) is 7.29. The van der Waals surface area contributed by atoms with E-state index in [4.69, 9.17) is 4.74 Å². The van der Waals surface area contributed by atoms with Crippen molar-refractivity contribution >= 4 is 17.5 Å². The number of aryl methyl sites for hydroxylation is 2. The molecule has 2 amide bonds. The summed E-state index contributed by atoms with van der Waals surface area (Å²) in [6, 6.07) is 12.4. The van der Waals surface area contributed by atoms with Crippen LogP contribution in [0, 0.1) is 13.8 Å². The van der Waals surface area contributed by atoms with Crippen molar-refractivity contribution in [3.05, 3.63) is 59.2 Å². The molecule has 0 spiro atoms. The quantitative estimate of drug-likeness (QED) is 0.892. The number of rotatable bonds is 5. The molecule has 0 atom stereocenters. The predicted octanol–water partition coefficient (Wildman–Crippen LogP) is 2.68. The summed E-state index contributed by atoms with van der Waals surface area (Å²) in [5.74, 6) is 0.104. The van der Waals surface area contributed by atoms with Crippen LogP contribution < -0.4 is 15.4 Å². The molecule has 5 heteroatoms. The molecule has 0 bridgehead atoms. The fraction of sp³-hybridized carbons (Fsp3) is 0.222. The lowest BCUT2D eigenvalue weighted by Crippen LogP contribution is -2.32. The number of anilines is 1. The SMILES string of the molecule is COc1ccc(C(=O)NCC(=O)Nc2ccc(C)c(C)c2)cc1. The zero-order valence-electron chi connectivity index (χ0n) is 13.5. The van der Waals surface area contributed by atoms with E-state index in [0.29, 0.717) is 11.3 Å². The number of carbonyl (C=O) groups is 2. The number of amides is 2. The predicted molar refractivity (Wildman–Crippen MR) is 89.9 cm³/mol. The highest BCUT2D eigenvalue weighted by Crippen LogP contribution is 2.14. The Bertz CT molecular complexity index is 709. The average molecular weight is 312 g/mol. The van der Waals surface area contributed by atoms with Gasteiger partial charge in [0.25, 0.3) is 5.91 Å². The fourth-order valence-electron chi connectivity index (χ4n) is 2.03. The van der Waals surface area contributed by atoms with E-state index >= 15 is 0 Å². The van der Waals surface area contributed by atoms with Gasteiger partial charge in [0, 0.05) is 11.3 Å². The van der Waals surface area contributed by atoms with Crippen LogP contribution in [-0.2, 0) is 4.79 Å². The molecule has 0 fully saturated rings. The van der Waals surface area contributed by atoms with Gasteiger partial charge >= 0.3 is 0 Å². The first-order valence-corrected chi connectivity index (χ1v) is 7.29. The van der Waals surface area contributed by atoms with Crippen LogP contribution in [0.4, 0.5) is 5.69 Å². The van der Waals surface area contributed by atoms with Gasteiger partial charge in [0.15, 0.2) is 0 Å². The van der Waals surface area contributed by atoms with Gasteiger partial charge in [-0.25, -0.2) is 0 Å². The molecule has 23 heavy (non-hydrogen) atoms. The fourth-order valence-corrected chi connectivity index (χ4v) is 2.03. The number of methoxy groups -OCH3 is 1. The van der Waals surface area contributed by atoms with Gasteiger partial charge in [0.05, 0.1) is 13.7 Å². The van der Waals surface area contributed by atoms with Gasteiger partial charge in [-0.05, 0) is 61.4 Å². The van der Waals surface area contributed by atoms with E-state index in [1.807, 2.05) is 32.0 Å². The summed E-state index contributed by atoms with van der Waals surface area (Å²) in [5, 5.41) is 5.35. The molecule has 0 radical (unpaired) electrons. The zero-order valence-corrected chi connectivity index (χ0v) is 13.5. The molecule has 2 aromatic carbocycles. The molecule has 120 valence electrons. The first kappa shape index (κ1) is 16.5. The van der Waals surface area contributed by atoms with E-state index < -0.39 is 0 Å². The largest absolute Gasteiger partial charge is 0.497 e. The van der Waals surface area contributed by atoms with Crippen LogP contribution in [0.25, 0.3) is 0 Å². The minimum atomic E-state index is -0.303. The number of benzene rings is 2. The second-order valence-corrected chi connectivity index (χ2v) is 5.26. The highest BCUT2D eigenvalue weighted by Gasteiger charge is 2.08. The molecule has 0 aliphatic rings. The van der Waals surface area contributed by atoms with E-state index in [0.717, 1.165) is 16.8 Å². The van der Waals surface area contributed by atoms with Crippen molar-refractivity contribution in [1.29, 1.82) is 0 Å². The Labute approximate surface area is 135 Å². The minimum absolute atomic E-state index is 0.0855. The Morgan fingerprint density at radius 1 is 1.00 bits per heavy atom. The van der Waals surface area contributed by atoms with Gasteiger partial charge in [-0.1, -0.05) is 6.07 Å². The summed E-state index contributed by atoms with van der Waals surface area (Å²) in [4.78, 5) is 23.9. The molecule has 2 rings (SSSR count). The molecule has 2 aromatic rings. The Hall–Kier alpha value is -2.82. The standard InChI is InChI=1S/C18H20N2O3/c1-12-4-7-15(10-13(12)2)20-17(21)11-19-18(22)14-5-8-16(23-3)9-6-14/h4-10H,11H2,1-3H3,(H,19,22)(H,20,21). The zero-order chi connectivity index (χ0) is 16.8. The van der Waals surface area contributed by atoms with Gasteiger partial charge in [0.1, 0.15) is 5.75 Å². The molecular weight excluding hydrogens is 292 g/mol. The van der Waals surface area contributed by atoms with E-state index in [1.54, 1.807) is 31.4 Å². The highest BCUT2D eigenvalue weighted by atomic mass is 16.5. The molecule has 0 heterocycles. The Morgan fingerprint density at radius 3 is 2.30 bits per heavy atom. The second-order valence-electron chi connectivity index (χ2n) is 5.26. The molecule has 2 N–H and O–H groups in total. The monoisotopic (exact) mass is 312 g/mol. The third kappa shape index (κ3) is 4.57. The van der Waals surface area contributed by atoms with Crippen molar-refractivity contribution in [3.63, 3.8) is 0 Å². The molecule has 0 aliphatic heterocycles. The van der Waals surface area contributed by atoms with Crippen molar-refractivity contribution in [2.45, 2.75) is 13.8 Å². The number of carbonyl (C=O) groups excluding carboxylic acids is 2. The van der Waals surface area contributed by atoms with Crippen LogP contribution in [0.3, 0.4) is 0 Å². The smallest absolute Gasteiger partial charge is 0.251 e. The summed E-state index contributed by atoms with van der Waals surface area (Å²) in [7, 11) is 1.56. The van der Waals surface area contributed by atoms with Gasteiger partial charge in [-0.15, -0.1) is 0 Å². The summed E-state index contributed by atoms with van der Waals surface area (Å²) in [5.41, 5.74) is 3.46. The van der Waals surface area contributed by atoms with Crippen LogP contribution in [0.2, 0.25) is 0 Å². The minimum Gasteiger partial charge on any atom is -0.497 e. The van der Waals surface area contributed by atoms with E-state index in [2.05, 4.69) is 10.6 Å². The number of ether oxygens (including phenoxy) is 1. The van der Waals surface area contributed by atoms with Crippen LogP contribution in [0.1, 0.15) is 21.5 Å². The molecule has 0 saturated carbocycles. The normalized spacial score (nSPS) is 10.0. The van der Waals surface area contributed by atoms with Gasteiger partial charge in [-0.3, -0.25) is 9.59 Å². The Kier molecular flexibility index (Phi) is 5.36. The van der Waals surface area contributed by atoms with Crippen molar-refractivity contribution in [2.24, 2.45) is 0 Å². The lowest BCUT2D eigenvalue weighted by molar-refractivity contribution is -0.115. The molecular formula is C18H20N2O3. The van der Waals surface area contributed by atoms with Gasteiger partial charge in [0.2, 0.25) is 5.91 Å². The third-order valence-corrected chi connectivity index (χ3v) is 3.55. The van der Waals surface area contributed by atoms with Crippen LogP contribution >= 0.6 is 0 Å². The first-order chi connectivity index (χ1) is 11.0. The lowest BCUT2D eigenvalue weighted by Gasteiger charge is -2.09. The third-order valence-electron chi connectivity index (χ3n) is 3.55. The van der Waals surface area contributed by atoms with Crippen LogP contribution in [0.15, 0.2) is 42.5 Å². The maximum absolute atomic E-state index is 12.0. The summed E-state index contributed by atoms with van der Waals surface area (Å²) in [6.45, 7) is 3.91. The molecule has 0 aliphatic carbocycles. The summed E-state index contributed by atoms with van der Waals surface area (Å²) >= 11 is 0. The van der Waals surface area contributed by atoms with Crippen molar-refractivity contribution < 1.29 is 14.3 Å². The topological polar surface area (TPSA) is 67.4 Å². The van der Waals surface area contributed by atoms with E-state index in [9.17, 15) is 9.59 Å². The van der Waals surface area contributed by atoms with Gasteiger partial charge < -0.3 is 15.4 Å². The molecule has 0 aromatic heterocycles. The maximum Gasteiger partial charge on any atom is 0.251 e. The van der Waals surface area contributed by atoms with E-state index in [-0.39, 0.29) is 18.4 Å². The number of hydrogen-bond donors (Lipinski definition) is 2. The van der Waals surface area contributed by atoms with Crippen molar-refractivity contribution in [3.8, 4) is 5.75 Å². The van der Waals surface area contributed by atoms with Crippen LogP contribution in [0.5, 0.6) is 5.75 Å². The average Bonchev–Trinajstić information content (AvgIpc) is 2.56. The second kappa shape index (κ2) is 7.45. The number of hydrogen-bond acceptors (Lipinski definition) is 3.